The van der Waals surface area contributed by atoms with Crippen LogP contribution in [-0.4, -0.2) is 9.97 Å². The van der Waals surface area contributed by atoms with Gasteiger partial charge in [-0.2, -0.15) is 0 Å². The van der Waals surface area contributed by atoms with Crippen LogP contribution in [0.2, 0.25) is 0 Å². The van der Waals surface area contributed by atoms with E-state index in [1.807, 2.05) is 30.3 Å². The van der Waals surface area contributed by atoms with Crippen LogP contribution in [-0.2, 0) is 0 Å². The maximum Gasteiger partial charge on any atom is 0.259 e. The van der Waals surface area contributed by atoms with Gasteiger partial charge in [0.1, 0.15) is 16.5 Å². The highest BCUT2D eigenvalue weighted by molar-refractivity contribution is 7.21. The Morgan fingerprint density at radius 2 is 1.70 bits per heavy atom. The van der Waals surface area contributed by atoms with Gasteiger partial charge in [-0.3, -0.25) is 4.79 Å². The van der Waals surface area contributed by atoms with Crippen LogP contribution in [0.1, 0.15) is 0 Å². The van der Waals surface area contributed by atoms with Crippen molar-refractivity contribution in [3.8, 4) is 21.8 Å². The first-order valence-corrected chi connectivity index (χ1v) is 7.87. The van der Waals surface area contributed by atoms with Crippen LogP contribution in [0.4, 0.5) is 4.39 Å². The Labute approximate surface area is 135 Å². The van der Waals surface area contributed by atoms with Crippen LogP contribution in [0, 0.1) is 5.82 Å². The number of benzene rings is 2. The molecule has 0 saturated heterocycles. The van der Waals surface area contributed by atoms with E-state index < -0.39 is 0 Å². The minimum Gasteiger partial charge on any atom is -0.306 e. The van der Waals surface area contributed by atoms with Crippen molar-refractivity contribution in [1.82, 2.24) is 9.97 Å². The van der Waals surface area contributed by atoms with E-state index in [4.69, 9.17) is 0 Å². The van der Waals surface area contributed by atoms with Gasteiger partial charge in [0.25, 0.3) is 5.56 Å². The predicted molar refractivity (Wildman–Crippen MR) is 91.1 cm³/mol. The molecular formula is C18H11FN2OS. The highest BCUT2D eigenvalue weighted by atomic mass is 32.1. The Hall–Kier alpha value is -2.79. The second kappa shape index (κ2) is 5.44. The number of nitrogens with one attached hydrogen (secondary N) is 1. The fraction of sp³-hybridized carbons (Fsp3) is 0. The Kier molecular flexibility index (Phi) is 3.28. The Morgan fingerprint density at radius 1 is 0.957 bits per heavy atom. The van der Waals surface area contributed by atoms with Crippen molar-refractivity contribution < 1.29 is 4.39 Å². The first kappa shape index (κ1) is 13.8. The number of aromatic amines is 1. The summed E-state index contributed by atoms with van der Waals surface area (Å²) in [4.78, 5) is 21.3. The third-order valence-electron chi connectivity index (χ3n) is 3.58. The molecule has 2 aromatic carbocycles. The van der Waals surface area contributed by atoms with Crippen molar-refractivity contribution in [1.29, 1.82) is 0 Å². The summed E-state index contributed by atoms with van der Waals surface area (Å²) in [6.07, 6.45) is 0. The first-order valence-electron chi connectivity index (χ1n) is 7.06. The molecule has 0 aliphatic carbocycles. The molecule has 23 heavy (non-hydrogen) atoms. The van der Waals surface area contributed by atoms with Gasteiger partial charge in [0.05, 0.1) is 5.39 Å². The number of halogens is 1. The van der Waals surface area contributed by atoms with Crippen molar-refractivity contribution in [2.24, 2.45) is 0 Å². The highest BCUT2D eigenvalue weighted by Crippen LogP contribution is 2.31. The lowest BCUT2D eigenvalue weighted by atomic mass is 10.2. The molecule has 0 saturated carbocycles. The maximum atomic E-state index is 13.0. The summed E-state index contributed by atoms with van der Waals surface area (Å²) < 4.78 is 13.0. The molecule has 4 aromatic rings. The zero-order chi connectivity index (χ0) is 15.8. The van der Waals surface area contributed by atoms with Crippen molar-refractivity contribution in [2.45, 2.75) is 0 Å². The molecule has 4 rings (SSSR count). The zero-order valence-corrected chi connectivity index (χ0v) is 12.7. The number of hydrogen-bond acceptors (Lipinski definition) is 3. The molecule has 1 N–H and O–H groups in total. The number of aromatic nitrogens is 2. The molecule has 0 aliphatic heterocycles. The van der Waals surface area contributed by atoms with Crippen molar-refractivity contribution in [2.75, 3.05) is 0 Å². The molecule has 0 unspecified atom stereocenters. The molecule has 2 heterocycles. The standard InChI is InChI=1S/C18H11FN2OS/c19-13-8-6-11(7-9-13)15-10-14-17(22)20-16(21-18(14)23-15)12-4-2-1-3-5-12/h1-10H,(H,20,21,22). The Bertz CT molecular complexity index is 1040. The molecular weight excluding hydrogens is 311 g/mol. The fourth-order valence-corrected chi connectivity index (χ4v) is 3.46. The summed E-state index contributed by atoms with van der Waals surface area (Å²) in [5, 5.41) is 0.550. The van der Waals surface area contributed by atoms with E-state index in [0.29, 0.717) is 16.0 Å². The topological polar surface area (TPSA) is 45.8 Å². The normalized spacial score (nSPS) is 11.0. The van der Waals surface area contributed by atoms with E-state index in [-0.39, 0.29) is 11.4 Å². The van der Waals surface area contributed by atoms with E-state index in [0.717, 1.165) is 16.0 Å². The van der Waals surface area contributed by atoms with Gasteiger partial charge >= 0.3 is 0 Å². The summed E-state index contributed by atoms with van der Waals surface area (Å²) in [6, 6.07) is 17.5. The zero-order valence-electron chi connectivity index (χ0n) is 11.9. The molecule has 0 aliphatic rings. The third-order valence-corrected chi connectivity index (χ3v) is 4.66. The predicted octanol–water partition coefficient (Wildman–Crippen LogP) is 4.46. The van der Waals surface area contributed by atoms with Crippen molar-refractivity contribution >= 4 is 21.6 Å². The van der Waals surface area contributed by atoms with E-state index in [1.54, 1.807) is 18.2 Å². The molecule has 0 fully saturated rings. The van der Waals surface area contributed by atoms with Crippen LogP contribution in [0.5, 0.6) is 0 Å². The highest BCUT2D eigenvalue weighted by Gasteiger charge is 2.11. The summed E-state index contributed by atoms with van der Waals surface area (Å²) in [5.74, 6) is 0.271. The fourth-order valence-electron chi connectivity index (χ4n) is 2.42. The summed E-state index contributed by atoms with van der Waals surface area (Å²) in [7, 11) is 0. The molecule has 0 spiro atoms. The van der Waals surface area contributed by atoms with Gasteiger partial charge in [0.2, 0.25) is 0 Å². The van der Waals surface area contributed by atoms with E-state index >= 15 is 0 Å². The van der Waals surface area contributed by atoms with Crippen molar-refractivity contribution in [3.05, 3.63) is 76.8 Å². The second-order valence-electron chi connectivity index (χ2n) is 5.12. The lowest BCUT2D eigenvalue weighted by Crippen LogP contribution is -2.07. The molecule has 0 amide bonds. The molecule has 0 radical (unpaired) electrons. The maximum absolute atomic E-state index is 13.0. The number of fused-ring (bicyclic) bond motifs is 1. The monoisotopic (exact) mass is 322 g/mol. The molecule has 5 heteroatoms. The van der Waals surface area contributed by atoms with Gasteiger partial charge in [-0.1, -0.05) is 42.5 Å². The number of thiophene rings is 1. The van der Waals surface area contributed by atoms with Gasteiger partial charge in [-0.25, -0.2) is 9.37 Å². The molecule has 2 aromatic heterocycles. The van der Waals surface area contributed by atoms with E-state index in [1.165, 1.54) is 23.5 Å². The van der Waals surface area contributed by atoms with Crippen molar-refractivity contribution in [3.63, 3.8) is 0 Å². The average Bonchev–Trinajstić information content (AvgIpc) is 3.01. The number of rotatable bonds is 2. The lowest BCUT2D eigenvalue weighted by molar-refractivity contribution is 0.628. The largest absolute Gasteiger partial charge is 0.306 e. The Morgan fingerprint density at radius 3 is 2.43 bits per heavy atom. The van der Waals surface area contributed by atoms with Crippen LogP contribution in [0.15, 0.2) is 65.5 Å². The SMILES string of the molecule is O=c1[nH]c(-c2ccccc2)nc2sc(-c3ccc(F)cc3)cc12. The minimum absolute atomic E-state index is 0.168. The third kappa shape index (κ3) is 2.55. The smallest absolute Gasteiger partial charge is 0.259 e. The van der Waals surface area contributed by atoms with Gasteiger partial charge < -0.3 is 4.98 Å². The van der Waals surface area contributed by atoms with Gasteiger partial charge in [-0.05, 0) is 23.8 Å². The molecule has 0 bridgehead atoms. The summed E-state index contributed by atoms with van der Waals surface area (Å²) >= 11 is 1.43. The number of nitrogens with zero attached hydrogens (tertiary/aromatic N) is 1. The van der Waals surface area contributed by atoms with Crippen LogP contribution in [0.3, 0.4) is 0 Å². The minimum atomic E-state index is -0.280. The Balaban J connectivity index is 1.87. The second-order valence-corrected chi connectivity index (χ2v) is 6.15. The van der Waals surface area contributed by atoms with E-state index in [2.05, 4.69) is 9.97 Å². The quantitative estimate of drug-likeness (QED) is 0.592. The van der Waals surface area contributed by atoms with Crippen LogP contribution < -0.4 is 5.56 Å². The van der Waals surface area contributed by atoms with Gasteiger partial charge in [-0.15, -0.1) is 11.3 Å². The van der Waals surface area contributed by atoms with Crippen LogP contribution in [0.25, 0.3) is 32.0 Å². The molecule has 0 atom stereocenters. The number of hydrogen-bond donors (Lipinski definition) is 1. The van der Waals surface area contributed by atoms with Crippen LogP contribution >= 0.6 is 11.3 Å². The molecule has 112 valence electrons. The summed E-state index contributed by atoms with van der Waals surface area (Å²) in [5.41, 5.74) is 1.57. The first-order chi connectivity index (χ1) is 11.2. The average molecular weight is 322 g/mol. The summed E-state index contributed by atoms with van der Waals surface area (Å²) in [6.45, 7) is 0. The van der Waals surface area contributed by atoms with Gasteiger partial charge in [0.15, 0.2) is 0 Å². The lowest BCUT2D eigenvalue weighted by Gasteiger charge is -1.99. The van der Waals surface area contributed by atoms with Gasteiger partial charge in [0, 0.05) is 10.4 Å². The van der Waals surface area contributed by atoms with E-state index in [9.17, 15) is 9.18 Å². The number of H-pyrrole nitrogens is 1. The molecule has 3 nitrogen and oxygen atoms in total.